The summed E-state index contributed by atoms with van der Waals surface area (Å²) in [5.74, 6) is 1.70. The summed E-state index contributed by atoms with van der Waals surface area (Å²) in [5.41, 5.74) is 6.17. The van der Waals surface area contributed by atoms with Gasteiger partial charge in [0, 0.05) is 11.3 Å². The van der Waals surface area contributed by atoms with Crippen molar-refractivity contribution in [2.24, 2.45) is 5.73 Å². The van der Waals surface area contributed by atoms with Crippen molar-refractivity contribution in [3.8, 4) is 5.75 Å². The van der Waals surface area contributed by atoms with Crippen LogP contribution in [0.3, 0.4) is 0 Å². The van der Waals surface area contributed by atoms with Crippen molar-refractivity contribution < 1.29 is 4.74 Å². The van der Waals surface area contributed by atoms with Crippen LogP contribution in [0.2, 0.25) is 5.02 Å². The van der Waals surface area contributed by atoms with Crippen LogP contribution in [0.15, 0.2) is 18.2 Å². The molecule has 0 saturated heterocycles. The summed E-state index contributed by atoms with van der Waals surface area (Å²) < 4.78 is 5.47. The van der Waals surface area contributed by atoms with Gasteiger partial charge in [-0.05, 0) is 24.5 Å². The lowest BCUT2D eigenvalue weighted by Crippen LogP contribution is -2.10. The third kappa shape index (κ3) is 3.89. The molecule has 0 saturated carbocycles. The Hall–Kier alpha value is -0.450. The molecule has 0 radical (unpaired) electrons. The normalized spacial score (nSPS) is 10.0. The number of benzene rings is 1. The van der Waals surface area contributed by atoms with Crippen LogP contribution in [0, 0.1) is 0 Å². The first-order valence-corrected chi connectivity index (χ1v) is 6.54. The fraction of sp³-hybridized carbons (Fsp3) is 0.300. The first-order valence-electron chi connectivity index (χ1n) is 4.36. The van der Waals surface area contributed by atoms with Gasteiger partial charge in [-0.3, -0.25) is 0 Å². The van der Waals surface area contributed by atoms with Crippen LogP contribution in [0.5, 0.6) is 5.75 Å². The van der Waals surface area contributed by atoms with Gasteiger partial charge >= 0.3 is 0 Å². The Bertz CT molecular complexity index is 357. The summed E-state index contributed by atoms with van der Waals surface area (Å²) in [6.45, 7) is 0.671. The van der Waals surface area contributed by atoms with Crippen molar-refractivity contribution in [3.05, 3.63) is 28.8 Å². The minimum Gasteiger partial charge on any atom is -0.493 e. The molecular weight excluding hydrogens is 250 g/mol. The Kier molecular flexibility index (Phi) is 5.22. The van der Waals surface area contributed by atoms with Gasteiger partial charge < -0.3 is 10.5 Å². The number of hydrogen-bond acceptors (Lipinski definition) is 3. The van der Waals surface area contributed by atoms with Crippen molar-refractivity contribution in [1.29, 1.82) is 0 Å². The minimum absolute atomic E-state index is 0.302. The highest BCUT2D eigenvalue weighted by Gasteiger charge is 2.04. The van der Waals surface area contributed by atoms with Crippen molar-refractivity contribution in [3.63, 3.8) is 0 Å². The van der Waals surface area contributed by atoms with Gasteiger partial charge in [0.25, 0.3) is 0 Å². The molecule has 82 valence electrons. The largest absolute Gasteiger partial charge is 0.493 e. The second-order valence-electron chi connectivity index (χ2n) is 2.85. The number of thioether (sulfide) groups is 1. The predicted molar refractivity (Wildman–Crippen MR) is 71.2 cm³/mol. The first-order chi connectivity index (χ1) is 7.15. The predicted octanol–water partition coefficient (Wildman–Crippen LogP) is 2.72. The third-order valence-electron chi connectivity index (χ3n) is 1.76. The molecule has 5 heteroatoms. The van der Waals surface area contributed by atoms with Crippen molar-refractivity contribution in [2.75, 3.05) is 18.6 Å². The van der Waals surface area contributed by atoms with E-state index in [0.29, 0.717) is 22.2 Å². The van der Waals surface area contributed by atoms with Gasteiger partial charge in [-0.1, -0.05) is 23.8 Å². The fourth-order valence-electron chi connectivity index (χ4n) is 1.03. The second kappa shape index (κ2) is 6.20. The molecule has 0 heterocycles. The zero-order chi connectivity index (χ0) is 11.3. The van der Waals surface area contributed by atoms with Gasteiger partial charge in [-0.15, -0.1) is 0 Å². The van der Waals surface area contributed by atoms with Gasteiger partial charge in [0.15, 0.2) is 0 Å². The molecular formula is C10H12ClNOS2. The van der Waals surface area contributed by atoms with E-state index in [9.17, 15) is 0 Å². The lowest BCUT2D eigenvalue weighted by molar-refractivity contribution is 0.344. The Morgan fingerprint density at radius 2 is 2.33 bits per heavy atom. The number of rotatable bonds is 5. The summed E-state index contributed by atoms with van der Waals surface area (Å²) >= 11 is 12.6. The molecule has 0 atom stereocenters. The summed E-state index contributed by atoms with van der Waals surface area (Å²) in [6, 6.07) is 5.33. The molecule has 1 aromatic rings. The standard InChI is InChI=1S/C10H12ClNOS2/c1-15-5-4-13-7-2-3-8(10(12)14)9(11)6-7/h2-3,6H,4-5H2,1H3,(H2,12,14). The van der Waals surface area contributed by atoms with Crippen LogP contribution >= 0.6 is 35.6 Å². The molecule has 0 aliphatic carbocycles. The Morgan fingerprint density at radius 1 is 1.60 bits per heavy atom. The molecule has 0 amide bonds. The van der Waals surface area contributed by atoms with Gasteiger partial charge in [0.1, 0.15) is 10.7 Å². The van der Waals surface area contributed by atoms with Crippen LogP contribution in [0.1, 0.15) is 5.56 Å². The van der Waals surface area contributed by atoms with E-state index in [1.165, 1.54) is 0 Å². The zero-order valence-corrected chi connectivity index (χ0v) is 10.7. The molecule has 0 aromatic heterocycles. The topological polar surface area (TPSA) is 35.2 Å². The highest BCUT2D eigenvalue weighted by molar-refractivity contribution is 7.98. The monoisotopic (exact) mass is 261 g/mol. The number of hydrogen-bond donors (Lipinski definition) is 1. The third-order valence-corrected chi connectivity index (χ3v) is 2.87. The molecule has 0 bridgehead atoms. The molecule has 0 aliphatic heterocycles. The maximum Gasteiger partial charge on any atom is 0.120 e. The van der Waals surface area contributed by atoms with Crippen LogP contribution in [0.25, 0.3) is 0 Å². The quantitative estimate of drug-likeness (QED) is 0.653. The van der Waals surface area contributed by atoms with E-state index < -0.39 is 0 Å². The van der Waals surface area contributed by atoms with E-state index in [1.54, 1.807) is 23.9 Å². The zero-order valence-electron chi connectivity index (χ0n) is 8.33. The number of ether oxygens (including phenoxy) is 1. The molecule has 15 heavy (non-hydrogen) atoms. The maximum atomic E-state index is 5.98. The van der Waals surface area contributed by atoms with Gasteiger partial charge in [0.05, 0.1) is 11.6 Å². The molecule has 0 unspecified atom stereocenters. The van der Waals surface area contributed by atoms with Crippen molar-refractivity contribution in [1.82, 2.24) is 0 Å². The second-order valence-corrected chi connectivity index (χ2v) is 4.68. The van der Waals surface area contributed by atoms with Crippen LogP contribution < -0.4 is 10.5 Å². The lowest BCUT2D eigenvalue weighted by atomic mass is 10.2. The molecule has 1 rings (SSSR count). The average molecular weight is 262 g/mol. The molecule has 0 spiro atoms. The van der Waals surface area contributed by atoms with E-state index in [-0.39, 0.29) is 0 Å². The number of nitrogens with two attached hydrogens (primary N) is 1. The van der Waals surface area contributed by atoms with Gasteiger partial charge in [-0.2, -0.15) is 11.8 Å². The number of halogens is 1. The SMILES string of the molecule is CSCCOc1ccc(C(N)=S)c(Cl)c1. The van der Waals surface area contributed by atoms with E-state index in [1.807, 2.05) is 12.3 Å². The maximum absolute atomic E-state index is 5.98. The average Bonchev–Trinajstić information content (AvgIpc) is 2.17. The molecule has 0 fully saturated rings. The van der Waals surface area contributed by atoms with E-state index >= 15 is 0 Å². The first kappa shape index (κ1) is 12.6. The Morgan fingerprint density at radius 3 is 2.87 bits per heavy atom. The molecule has 2 nitrogen and oxygen atoms in total. The summed E-state index contributed by atoms with van der Waals surface area (Å²) in [5, 5.41) is 0.532. The highest BCUT2D eigenvalue weighted by Crippen LogP contribution is 2.22. The lowest BCUT2D eigenvalue weighted by Gasteiger charge is -2.07. The van der Waals surface area contributed by atoms with Crippen molar-refractivity contribution >= 4 is 40.6 Å². The minimum atomic E-state index is 0.302. The van der Waals surface area contributed by atoms with E-state index in [2.05, 4.69) is 0 Å². The van der Waals surface area contributed by atoms with Gasteiger partial charge in [0.2, 0.25) is 0 Å². The molecule has 0 aliphatic rings. The molecule has 1 aromatic carbocycles. The van der Waals surface area contributed by atoms with Gasteiger partial charge in [-0.25, -0.2) is 0 Å². The van der Waals surface area contributed by atoms with E-state index in [0.717, 1.165) is 11.5 Å². The smallest absolute Gasteiger partial charge is 0.120 e. The highest BCUT2D eigenvalue weighted by atomic mass is 35.5. The Balaban J connectivity index is 2.69. The van der Waals surface area contributed by atoms with E-state index in [4.69, 9.17) is 34.3 Å². The number of thiocarbonyl (C=S) groups is 1. The van der Waals surface area contributed by atoms with Crippen LogP contribution in [0.4, 0.5) is 0 Å². The molecule has 2 N–H and O–H groups in total. The van der Waals surface area contributed by atoms with Crippen molar-refractivity contribution in [2.45, 2.75) is 0 Å². The summed E-state index contributed by atoms with van der Waals surface area (Å²) in [6.07, 6.45) is 2.03. The fourth-order valence-corrected chi connectivity index (χ4v) is 1.78. The summed E-state index contributed by atoms with van der Waals surface area (Å²) in [4.78, 5) is 0.302. The van der Waals surface area contributed by atoms with Crippen LogP contribution in [-0.2, 0) is 0 Å². The summed E-state index contributed by atoms with van der Waals surface area (Å²) in [7, 11) is 0. The Labute approximate surface area is 104 Å². The van der Waals surface area contributed by atoms with Crippen LogP contribution in [-0.4, -0.2) is 23.6 Å².